The van der Waals surface area contributed by atoms with Gasteiger partial charge in [-0.3, -0.25) is 9.78 Å². The third kappa shape index (κ3) is 4.22. The zero-order valence-electron chi connectivity index (χ0n) is 14.5. The number of pyridine rings is 2. The van der Waals surface area contributed by atoms with Crippen LogP contribution in [0.2, 0.25) is 0 Å². The Kier molecular flexibility index (Phi) is 5.09. The Balaban J connectivity index is 1.79. The molecular formula is C19H22N4O2. The molecule has 0 radical (unpaired) electrons. The summed E-state index contributed by atoms with van der Waals surface area (Å²) in [4.78, 5) is 21.9. The summed E-state index contributed by atoms with van der Waals surface area (Å²) in [5.74, 6) is -0.860. The Morgan fingerprint density at radius 2 is 2.04 bits per heavy atom. The normalized spacial score (nSPS) is 11.3. The molecule has 0 unspecified atom stereocenters. The van der Waals surface area contributed by atoms with Crippen molar-refractivity contribution in [3.05, 3.63) is 65.4 Å². The number of aliphatic carboxylic acids is 1. The topological polar surface area (TPSA) is 70.7 Å². The first kappa shape index (κ1) is 17.1. The van der Waals surface area contributed by atoms with E-state index in [2.05, 4.69) is 14.9 Å². The molecule has 3 heterocycles. The highest BCUT2D eigenvalue weighted by atomic mass is 16.4. The Labute approximate surface area is 146 Å². The first-order valence-electron chi connectivity index (χ1n) is 8.28. The van der Waals surface area contributed by atoms with E-state index in [-0.39, 0.29) is 6.42 Å². The van der Waals surface area contributed by atoms with E-state index in [1.54, 1.807) is 12.4 Å². The van der Waals surface area contributed by atoms with E-state index in [1.165, 1.54) is 5.56 Å². The van der Waals surface area contributed by atoms with Crippen molar-refractivity contribution in [3.63, 3.8) is 0 Å². The minimum absolute atomic E-state index is 0.0613. The Morgan fingerprint density at radius 1 is 1.28 bits per heavy atom. The number of fused-ring (bicyclic) bond motifs is 1. The number of hydrogen-bond acceptors (Lipinski definition) is 4. The monoisotopic (exact) mass is 338 g/mol. The summed E-state index contributed by atoms with van der Waals surface area (Å²) in [5, 5.41) is 9.19. The van der Waals surface area contributed by atoms with Crippen molar-refractivity contribution in [2.75, 3.05) is 13.6 Å². The molecule has 0 aliphatic heterocycles. The highest BCUT2D eigenvalue weighted by Gasteiger charge is 2.16. The summed E-state index contributed by atoms with van der Waals surface area (Å²) < 4.78 is 1.99. The van der Waals surface area contributed by atoms with Gasteiger partial charge >= 0.3 is 5.97 Å². The van der Waals surface area contributed by atoms with Gasteiger partial charge in [-0.1, -0.05) is 0 Å². The third-order valence-electron chi connectivity index (χ3n) is 4.23. The van der Waals surface area contributed by atoms with Crippen molar-refractivity contribution in [2.45, 2.75) is 26.3 Å². The minimum atomic E-state index is -0.860. The van der Waals surface area contributed by atoms with Crippen LogP contribution in [0, 0.1) is 6.92 Å². The molecule has 0 bridgehead atoms. The molecule has 0 saturated heterocycles. The fourth-order valence-corrected chi connectivity index (χ4v) is 2.90. The van der Waals surface area contributed by atoms with Crippen molar-refractivity contribution < 1.29 is 9.90 Å². The molecule has 0 aliphatic carbocycles. The van der Waals surface area contributed by atoms with E-state index >= 15 is 0 Å². The van der Waals surface area contributed by atoms with Gasteiger partial charge in [0.2, 0.25) is 0 Å². The molecule has 6 nitrogen and oxygen atoms in total. The second-order valence-electron chi connectivity index (χ2n) is 6.35. The van der Waals surface area contributed by atoms with Gasteiger partial charge in [0.1, 0.15) is 5.65 Å². The zero-order valence-corrected chi connectivity index (χ0v) is 14.5. The number of rotatable bonds is 7. The third-order valence-corrected chi connectivity index (χ3v) is 4.23. The summed E-state index contributed by atoms with van der Waals surface area (Å²) in [7, 11) is 2.04. The predicted octanol–water partition coefficient (Wildman–Crippen LogP) is 2.34. The quantitative estimate of drug-likeness (QED) is 0.716. The standard InChI is InChI=1S/C19H22N4O2/c1-14-5-10-23-17(16(12-19(24)25)21-18(23)11-14)13-22(2)9-6-15-3-7-20-8-4-15/h3-5,7-8,10-11H,6,9,12-13H2,1-2H3,(H,24,25). The SMILES string of the molecule is Cc1ccn2c(CN(C)CCc3ccncc3)c(CC(=O)O)nc2c1. The van der Waals surface area contributed by atoms with Gasteiger partial charge in [0.25, 0.3) is 0 Å². The molecule has 0 amide bonds. The van der Waals surface area contributed by atoms with Gasteiger partial charge in [0.15, 0.2) is 0 Å². The smallest absolute Gasteiger partial charge is 0.309 e. The molecule has 6 heteroatoms. The van der Waals surface area contributed by atoms with Crippen LogP contribution in [0.1, 0.15) is 22.5 Å². The molecule has 0 atom stereocenters. The molecule has 1 N–H and O–H groups in total. The zero-order chi connectivity index (χ0) is 17.8. The maximum Gasteiger partial charge on any atom is 0.309 e. The number of aryl methyl sites for hydroxylation is 1. The molecule has 0 aromatic carbocycles. The maximum atomic E-state index is 11.2. The van der Waals surface area contributed by atoms with Crippen LogP contribution in [0.15, 0.2) is 42.9 Å². The van der Waals surface area contributed by atoms with E-state index in [1.807, 2.05) is 48.8 Å². The molecule has 3 rings (SSSR count). The molecule has 3 aromatic heterocycles. The second kappa shape index (κ2) is 7.44. The molecule has 0 fully saturated rings. The van der Waals surface area contributed by atoms with Gasteiger partial charge < -0.3 is 14.4 Å². The average Bonchev–Trinajstić information content (AvgIpc) is 2.89. The van der Waals surface area contributed by atoms with Gasteiger partial charge in [-0.2, -0.15) is 0 Å². The maximum absolute atomic E-state index is 11.2. The van der Waals surface area contributed by atoms with Gasteiger partial charge in [0, 0.05) is 31.7 Å². The highest BCUT2D eigenvalue weighted by molar-refractivity contribution is 5.70. The summed E-state index contributed by atoms with van der Waals surface area (Å²) in [6.07, 6.45) is 6.42. The number of carboxylic acids is 1. The molecule has 25 heavy (non-hydrogen) atoms. The van der Waals surface area contributed by atoms with Crippen molar-refractivity contribution in [1.29, 1.82) is 0 Å². The van der Waals surface area contributed by atoms with Gasteiger partial charge in [-0.05, 0) is 55.8 Å². The first-order valence-corrected chi connectivity index (χ1v) is 8.28. The van der Waals surface area contributed by atoms with Gasteiger partial charge in [0.05, 0.1) is 17.8 Å². The van der Waals surface area contributed by atoms with Crippen LogP contribution < -0.4 is 0 Å². The van der Waals surface area contributed by atoms with E-state index in [9.17, 15) is 9.90 Å². The predicted molar refractivity (Wildman–Crippen MR) is 95.5 cm³/mol. The fourth-order valence-electron chi connectivity index (χ4n) is 2.90. The van der Waals surface area contributed by atoms with E-state index in [0.29, 0.717) is 12.2 Å². The lowest BCUT2D eigenvalue weighted by atomic mass is 10.2. The van der Waals surface area contributed by atoms with Crippen molar-refractivity contribution in [1.82, 2.24) is 19.3 Å². The molecular weight excluding hydrogens is 316 g/mol. The van der Waals surface area contributed by atoms with Crippen molar-refractivity contribution in [2.24, 2.45) is 0 Å². The van der Waals surface area contributed by atoms with Crippen LogP contribution >= 0.6 is 0 Å². The lowest BCUT2D eigenvalue weighted by Gasteiger charge is -2.17. The van der Waals surface area contributed by atoms with Crippen molar-refractivity contribution in [3.8, 4) is 0 Å². The summed E-state index contributed by atoms with van der Waals surface area (Å²) in [6.45, 7) is 3.53. The Hall–Kier alpha value is -2.73. The number of imidazole rings is 1. The molecule has 0 aliphatic rings. The number of nitrogens with zero attached hydrogens (tertiary/aromatic N) is 4. The number of aromatic nitrogens is 3. The highest BCUT2D eigenvalue weighted by Crippen LogP contribution is 2.17. The van der Waals surface area contributed by atoms with E-state index < -0.39 is 5.97 Å². The summed E-state index contributed by atoms with van der Waals surface area (Å²) >= 11 is 0. The van der Waals surface area contributed by atoms with E-state index in [4.69, 9.17) is 0 Å². The van der Waals surface area contributed by atoms with Crippen LogP contribution in [0.5, 0.6) is 0 Å². The first-order chi connectivity index (χ1) is 12.0. The van der Waals surface area contributed by atoms with Crippen LogP contribution in [0.25, 0.3) is 5.65 Å². The van der Waals surface area contributed by atoms with Gasteiger partial charge in [-0.25, -0.2) is 4.98 Å². The lowest BCUT2D eigenvalue weighted by Crippen LogP contribution is -2.22. The van der Waals surface area contributed by atoms with Crippen molar-refractivity contribution >= 4 is 11.6 Å². The summed E-state index contributed by atoms with van der Waals surface area (Å²) in [6, 6.07) is 8.02. The fraction of sp³-hybridized carbons (Fsp3) is 0.316. The Morgan fingerprint density at radius 3 is 2.76 bits per heavy atom. The van der Waals surface area contributed by atoms with Crippen LogP contribution in [-0.2, 0) is 24.2 Å². The van der Waals surface area contributed by atoms with Crippen LogP contribution in [0.4, 0.5) is 0 Å². The number of carbonyl (C=O) groups is 1. The van der Waals surface area contributed by atoms with E-state index in [0.717, 1.165) is 29.9 Å². The second-order valence-corrected chi connectivity index (χ2v) is 6.35. The molecule has 130 valence electrons. The lowest BCUT2D eigenvalue weighted by molar-refractivity contribution is -0.136. The number of likely N-dealkylation sites (N-methyl/N-ethyl adjacent to an activating group) is 1. The summed E-state index contributed by atoms with van der Waals surface area (Å²) in [5.41, 5.74) is 4.72. The van der Waals surface area contributed by atoms with Crippen LogP contribution in [0.3, 0.4) is 0 Å². The van der Waals surface area contributed by atoms with Crippen LogP contribution in [-0.4, -0.2) is 43.9 Å². The molecule has 0 spiro atoms. The Bertz CT molecular complexity index is 874. The average molecular weight is 338 g/mol. The number of hydrogen-bond donors (Lipinski definition) is 1. The minimum Gasteiger partial charge on any atom is -0.481 e. The largest absolute Gasteiger partial charge is 0.481 e. The molecule has 3 aromatic rings. The van der Waals surface area contributed by atoms with Gasteiger partial charge in [-0.15, -0.1) is 0 Å². The molecule has 0 saturated carbocycles. The number of carboxylic acid groups (broad SMARTS) is 1.